The molecule has 2 aliphatic rings. The fourth-order valence-electron chi connectivity index (χ4n) is 4.18. The van der Waals surface area contributed by atoms with Gasteiger partial charge in [0.1, 0.15) is 10.9 Å². The zero-order chi connectivity index (χ0) is 21.4. The normalized spacial score (nSPS) is 19.4. The van der Waals surface area contributed by atoms with Gasteiger partial charge < -0.3 is 10.2 Å². The second-order valence-corrected chi connectivity index (χ2v) is 10.4. The third kappa shape index (κ3) is 3.83. The highest BCUT2D eigenvalue weighted by Gasteiger charge is 2.39. The molecule has 0 unspecified atom stereocenters. The lowest BCUT2D eigenvalue weighted by molar-refractivity contribution is -0.124. The van der Waals surface area contributed by atoms with Crippen LogP contribution in [0.25, 0.3) is 10.2 Å². The van der Waals surface area contributed by atoms with Crippen LogP contribution in [0.2, 0.25) is 0 Å². The Morgan fingerprint density at radius 3 is 2.84 bits per heavy atom. The van der Waals surface area contributed by atoms with Gasteiger partial charge in [-0.1, -0.05) is 24.3 Å². The predicted molar refractivity (Wildman–Crippen MR) is 121 cm³/mol. The van der Waals surface area contributed by atoms with Gasteiger partial charge in [-0.3, -0.25) is 4.79 Å². The molecular formula is C22H22N4O3S2. The molecule has 2 aromatic carbocycles. The molecule has 0 bridgehead atoms. The fourth-order valence-corrected chi connectivity index (χ4v) is 6.41. The Morgan fingerprint density at radius 2 is 1.97 bits per heavy atom. The number of benzene rings is 2. The SMILES string of the molecule is O=C(NCCCc1nc2ccccc2s1)[C@@H]1CCCN1C1=NS(=O)(=O)c2ccccc21. The molecule has 7 nitrogen and oxygen atoms in total. The summed E-state index contributed by atoms with van der Waals surface area (Å²) in [6.07, 6.45) is 3.12. The van der Waals surface area contributed by atoms with Crippen molar-refractivity contribution in [1.29, 1.82) is 0 Å². The Balaban J connectivity index is 1.21. The van der Waals surface area contributed by atoms with E-state index in [0.29, 0.717) is 30.9 Å². The summed E-state index contributed by atoms with van der Waals surface area (Å²) in [7, 11) is -3.70. The minimum atomic E-state index is -3.70. The molecule has 5 rings (SSSR count). The Hall–Kier alpha value is -2.78. The van der Waals surface area contributed by atoms with E-state index in [1.54, 1.807) is 35.6 Å². The highest BCUT2D eigenvalue weighted by molar-refractivity contribution is 7.90. The second kappa shape index (κ2) is 8.05. The van der Waals surface area contributed by atoms with Crippen LogP contribution in [-0.4, -0.2) is 49.2 Å². The molecule has 2 aliphatic heterocycles. The number of hydrogen-bond acceptors (Lipinski definition) is 6. The van der Waals surface area contributed by atoms with Crippen LogP contribution < -0.4 is 5.32 Å². The third-order valence-corrected chi connectivity index (χ3v) is 8.07. The summed E-state index contributed by atoms with van der Waals surface area (Å²) in [6, 6.07) is 14.5. The van der Waals surface area contributed by atoms with Crippen molar-refractivity contribution in [2.75, 3.05) is 13.1 Å². The van der Waals surface area contributed by atoms with Crippen LogP contribution in [0.5, 0.6) is 0 Å². The van der Waals surface area contributed by atoms with Crippen LogP contribution in [-0.2, 0) is 21.2 Å². The number of rotatable bonds is 5. The van der Waals surface area contributed by atoms with Crippen LogP contribution in [0, 0.1) is 0 Å². The third-order valence-electron chi connectivity index (χ3n) is 5.64. The van der Waals surface area contributed by atoms with Gasteiger partial charge in [0, 0.05) is 25.1 Å². The molecule has 1 fully saturated rings. The summed E-state index contributed by atoms with van der Waals surface area (Å²) in [5.74, 6) is 0.314. The van der Waals surface area contributed by atoms with Gasteiger partial charge in [0.2, 0.25) is 5.91 Å². The smallest absolute Gasteiger partial charge is 0.285 e. The lowest BCUT2D eigenvalue weighted by atomic mass is 10.1. The van der Waals surface area contributed by atoms with E-state index in [4.69, 9.17) is 0 Å². The number of carbonyl (C=O) groups excluding carboxylic acids is 1. The molecule has 1 saturated heterocycles. The zero-order valence-corrected chi connectivity index (χ0v) is 18.5. The lowest BCUT2D eigenvalue weighted by Crippen LogP contribution is -2.46. The van der Waals surface area contributed by atoms with Crippen molar-refractivity contribution < 1.29 is 13.2 Å². The van der Waals surface area contributed by atoms with Gasteiger partial charge >= 0.3 is 0 Å². The molecule has 0 spiro atoms. The van der Waals surface area contributed by atoms with E-state index in [1.807, 2.05) is 23.1 Å². The van der Waals surface area contributed by atoms with Crippen molar-refractivity contribution in [3.63, 3.8) is 0 Å². The number of aryl methyl sites for hydroxylation is 1. The molecule has 3 aromatic rings. The molecular weight excluding hydrogens is 432 g/mol. The maximum Gasteiger partial charge on any atom is 0.285 e. The molecule has 1 atom stereocenters. The minimum absolute atomic E-state index is 0.0775. The number of amides is 1. The van der Waals surface area contributed by atoms with E-state index in [-0.39, 0.29) is 10.8 Å². The number of fused-ring (bicyclic) bond motifs is 2. The maximum atomic E-state index is 12.9. The Labute approximate surface area is 184 Å². The van der Waals surface area contributed by atoms with E-state index in [1.165, 1.54) is 4.70 Å². The summed E-state index contributed by atoms with van der Waals surface area (Å²) in [5.41, 5.74) is 1.60. The summed E-state index contributed by atoms with van der Waals surface area (Å²) < 4.78 is 29.9. The molecule has 160 valence electrons. The highest BCUT2D eigenvalue weighted by Crippen LogP contribution is 2.31. The number of nitrogens with zero attached hydrogens (tertiary/aromatic N) is 3. The molecule has 3 heterocycles. The average molecular weight is 455 g/mol. The molecule has 9 heteroatoms. The highest BCUT2D eigenvalue weighted by atomic mass is 32.2. The number of carbonyl (C=O) groups is 1. The lowest BCUT2D eigenvalue weighted by Gasteiger charge is -2.25. The molecule has 1 N–H and O–H groups in total. The van der Waals surface area contributed by atoms with Crippen LogP contribution in [0.3, 0.4) is 0 Å². The summed E-state index contributed by atoms with van der Waals surface area (Å²) in [5, 5.41) is 4.09. The standard InChI is InChI=1S/C22H22N4O3S2/c27-22(23-13-5-12-20-24-16-8-2-3-10-18(16)30-20)17-9-6-14-26(17)21-15-7-1-4-11-19(15)31(28,29)25-21/h1-4,7-8,10-11,17H,5-6,9,12-14H2,(H,23,27)/t17-/m0/s1. The number of amidine groups is 1. The fraction of sp³-hybridized carbons (Fsp3) is 0.318. The molecule has 1 amide bonds. The number of likely N-dealkylation sites (tertiary alicyclic amines) is 1. The Kier molecular flexibility index (Phi) is 5.23. The van der Waals surface area contributed by atoms with E-state index in [2.05, 4.69) is 20.8 Å². The van der Waals surface area contributed by atoms with Crippen molar-refractivity contribution in [2.45, 2.75) is 36.6 Å². The van der Waals surface area contributed by atoms with Crippen LogP contribution in [0.4, 0.5) is 0 Å². The number of para-hydroxylation sites is 1. The van der Waals surface area contributed by atoms with Crippen LogP contribution >= 0.6 is 11.3 Å². The Morgan fingerprint density at radius 1 is 1.16 bits per heavy atom. The van der Waals surface area contributed by atoms with Crippen molar-refractivity contribution in [1.82, 2.24) is 15.2 Å². The van der Waals surface area contributed by atoms with Crippen LogP contribution in [0.1, 0.15) is 29.8 Å². The first-order valence-electron chi connectivity index (χ1n) is 10.4. The summed E-state index contributed by atoms with van der Waals surface area (Å²) >= 11 is 1.69. The molecule has 0 saturated carbocycles. The molecule has 31 heavy (non-hydrogen) atoms. The van der Waals surface area contributed by atoms with Gasteiger partial charge in [0.25, 0.3) is 10.0 Å². The van der Waals surface area contributed by atoms with Gasteiger partial charge in [0.15, 0.2) is 5.84 Å². The summed E-state index contributed by atoms with van der Waals surface area (Å²) in [4.78, 5) is 19.6. The average Bonchev–Trinajstić information content (AvgIpc) is 3.47. The first kappa shape index (κ1) is 20.1. The minimum Gasteiger partial charge on any atom is -0.354 e. The summed E-state index contributed by atoms with van der Waals surface area (Å²) in [6.45, 7) is 1.17. The number of nitrogens with one attached hydrogen (secondary N) is 1. The van der Waals surface area contributed by atoms with Crippen molar-refractivity contribution in [2.24, 2.45) is 4.40 Å². The predicted octanol–water partition coefficient (Wildman–Crippen LogP) is 2.96. The van der Waals surface area contributed by atoms with Crippen LogP contribution in [0.15, 0.2) is 57.8 Å². The number of thiazole rings is 1. The van der Waals surface area contributed by atoms with Gasteiger partial charge in [-0.05, 0) is 43.5 Å². The number of hydrogen-bond donors (Lipinski definition) is 1. The van der Waals surface area contributed by atoms with Crippen molar-refractivity contribution >= 4 is 43.3 Å². The topological polar surface area (TPSA) is 91.7 Å². The van der Waals surface area contributed by atoms with Crippen molar-refractivity contribution in [3.8, 4) is 0 Å². The van der Waals surface area contributed by atoms with E-state index in [0.717, 1.165) is 29.8 Å². The molecule has 0 aliphatic carbocycles. The molecule has 0 radical (unpaired) electrons. The van der Waals surface area contributed by atoms with E-state index < -0.39 is 16.1 Å². The monoisotopic (exact) mass is 454 g/mol. The number of sulfonamides is 1. The maximum absolute atomic E-state index is 12.9. The van der Waals surface area contributed by atoms with E-state index in [9.17, 15) is 13.2 Å². The quantitative estimate of drug-likeness (QED) is 0.599. The van der Waals surface area contributed by atoms with Gasteiger partial charge in [0.05, 0.1) is 15.2 Å². The van der Waals surface area contributed by atoms with E-state index >= 15 is 0 Å². The first-order chi connectivity index (χ1) is 15.0. The van der Waals surface area contributed by atoms with Crippen molar-refractivity contribution in [3.05, 3.63) is 59.1 Å². The van der Waals surface area contributed by atoms with Gasteiger partial charge in [-0.15, -0.1) is 15.7 Å². The zero-order valence-electron chi connectivity index (χ0n) is 16.8. The first-order valence-corrected chi connectivity index (χ1v) is 12.6. The Bertz CT molecular complexity index is 1250. The second-order valence-electron chi connectivity index (χ2n) is 7.71. The largest absolute Gasteiger partial charge is 0.354 e. The van der Waals surface area contributed by atoms with Gasteiger partial charge in [-0.25, -0.2) is 4.98 Å². The van der Waals surface area contributed by atoms with Gasteiger partial charge in [-0.2, -0.15) is 8.42 Å². The molecule has 1 aromatic heterocycles. The number of aromatic nitrogens is 1.